The van der Waals surface area contributed by atoms with Crippen LogP contribution >= 0.6 is 11.3 Å². The van der Waals surface area contributed by atoms with Gasteiger partial charge in [0.15, 0.2) is 4.83 Å². The highest BCUT2D eigenvalue weighted by Gasteiger charge is 2.24. The molecule has 9 heteroatoms. The average Bonchev–Trinajstić information content (AvgIpc) is 3.07. The number of methoxy groups -OCH3 is 1. The summed E-state index contributed by atoms with van der Waals surface area (Å²) >= 11 is 1.52. The zero-order chi connectivity index (χ0) is 20.5. The number of hydrogen-bond donors (Lipinski definition) is 1. The van der Waals surface area contributed by atoms with Crippen molar-refractivity contribution in [1.82, 2.24) is 15.0 Å². The van der Waals surface area contributed by atoms with E-state index in [1.54, 1.807) is 18.2 Å². The maximum absolute atomic E-state index is 12.9. The number of rotatable bonds is 4. The lowest BCUT2D eigenvalue weighted by molar-refractivity contribution is -0.117. The number of esters is 1. The zero-order valence-corrected chi connectivity index (χ0v) is 16.9. The van der Waals surface area contributed by atoms with Gasteiger partial charge in [0, 0.05) is 10.6 Å². The number of thiophene rings is 1. The summed E-state index contributed by atoms with van der Waals surface area (Å²) in [6.45, 7) is 1.95. The number of nitrogens with one attached hydrogen (secondary N) is 1. The predicted molar refractivity (Wildman–Crippen MR) is 109 cm³/mol. The van der Waals surface area contributed by atoms with Gasteiger partial charge in [-0.05, 0) is 48.9 Å². The number of benzene rings is 1. The first-order valence-corrected chi connectivity index (χ1v) is 10.1. The Labute approximate surface area is 170 Å². The Morgan fingerprint density at radius 1 is 1.38 bits per heavy atom. The maximum atomic E-state index is 12.9. The number of fused-ring (bicyclic) bond motifs is 3. The maximum Gasteiger partial charge on any atom is 0.337 e. The van der Waals surface area contributed by atoms with Crippen molar-refractivity contribution in [2.45, 2.75) is 32.7 Å². The molecule has 1 aliphatic carbocycles. The molecule has 0 fully saturated rings. The van der Waals surface area contributed by atoms with E-state index in [0.717, 1.165) is 29.5 Å². The van der Waals surface area contributed by atoms with Crippen molar-refractivity contribution in [2.75, 3.05) is 12.4 Å². The highest BCUT2D eigenvalue weighted by molar-refractivity contribution is 7.18. The summed E-state index contributed by atoms with van der Waals surface area (Å²) in [6, 6.07) is 6.39. The fraction of sp³-hybridized carbons (Fsp3) is 0.350. The molecule has 1 aromatic carbocycles. The third kappa shape index (κ3) is 3.77. The van der Waals surface area contributed by atoms with E-state index in [1.165, 1.54) is 29.4 Å². The van der Waals surface area contributed by atoms with Gasteiger partial charge in [0.05, 0.1) is 18.1 Å². The van der Waals surface area contributed by atoms with Crippen LogP contribution in [0, 0.1) is 5.92 Å². The molecule has 3 aromatic rings. The van der Waals surface area contributed by atoms with Crippen LogP contribution < -0.4 is 10.9 Å². The number of aromatic nitrogens is 3. The molecule has 1 unspecified atom stereocenters. The lowest BCUT2D eigenvalue weighted by atomic mass is 9.89. The van der Waals surface area contributed by atoms with Gasteiger partial charge < -0.3 is 10.1 Å². The molecule has 2 aromatic heterocycles. The summed E-state index contributed by atoms with van der Waals surface area (Å²) in [7, 11) is 1.29. The van der Waals surface area contributed by atoms with Crippen LogP contribution in [0.2, 0.25) is 0 Å². The molecule has 0 bridgehead atoms. The monoisotopic (exact) mass is 412 g/mol. The van der Waals surface area contributed by atoms with Gasteiger partial charge in [-0.1, -0.05) is 18.2 Å². The minimum absolute atomic E-state index is 0.259. The number of hydrogen-bond acceptors (Lipinski definition) is 7. The second-order valence-corrected chi connectivity index (χ2v) is 8.29. The van der Waals surface area contributed by atoms with Gasteiger partial charge in [-0.3, -0.25) is 9.59 Å². The van der Waals surface area contributed by atoms with E-state index < -0.39 is 11.9 Å². The SMILES string of the molecule is COC(=O)c1cccc(NC(=O)Cn2nnc3sc4c(c3c2=O)CCC(C)C4)c1. The van der Waals surface area contributed by atoms with Crippen LogP contribution in [-0.2, 0) is 28.9 Å². The van der Waals surface area contributed by atoms with Crippen molar-refractivity contribution < 1.29 is 14.3 Å². The summed E-state index contributed by atoms with van der Waals surface area (Å²) in [6.07, 6.45) is 2.84. The van der Waals surface area contributed by atoms with E-state index in [2.05, 4.69) is 27.3 Å². The van der Waals surface area contributed by atoms with Gasteiger partial charge in [0.25, 0.3) is 5.56 Å². The van der Waals surface area contributed by atoms with Crippen LogP contribution in [0.5, 0.6) is 0 Å². The van der Waals surface area contributed by atoms with E-state index in [-0.39, 0.29) is 12.1 Å². The van der Waals surface area contributed by atoms with Crippen LogP contribution in [-0.4, -0.2) is 34.0 Å². The number of amides is 1. The second kappa shape index (κ2) is 7.75. The second-order valence-electron chi connectivity index (χ2n) is 7.20. The fourth-order valence-corrected chi connectivity index (χ4v) is 4.89. The minimum atomic E-state index is -0.495. The summed E-state index contributed by atoms with van der Waals surface area (Å²) in [5.74, 6) is -0.331. The number of nitrogens with zero attached hydrogens (tertiary/aromatic N) is 3. The third-order valence-electron chi connectivity index (χ3n) is 5.05. The van der Waals surface area contributed by atoms with Crippen molar-refractivity contribution in [3.8, 4) is 0 Å². The van der Waals surface area contributed by atoms with Crippen LogP contribution in [0.15, 0.2) is 29.1 Å². The van der Waals surface area contributed by atoms with Gasteiger partial charge >= 0.3 is 5.97 Å². The third-order valence-corrected chi connectivity index (χ3v) is 6.18. The molecule has 0 saturated carbocycles. The Hall–Kier alpha value is -3.07. The first kappa shape index (κ1) is 19.3. The van der Waals surface area contributed by atoms with Gasteiger partial charge in [-0.25, -0.2) is 9.48 Å². The lowest BCUT2D eigenvalue weighted by Crippen LogP contribution is -2.30. The van der Waals surface area contributed by atoms with Crippen molar-refractivity contribution in [3.63, 3.8) is 0 Å². The quantitative estimate of drug-likeness (QED) is 0.660. The molecule has 29 heavy (non-hydrogen) atoms. The molecule has 0 spiro atoms. The molecule has 150 valence electrons. The van der Waals surface area contributed by atoms with Crippen molar-refractivity contribution in [3.05, 3.63) is 50.6 Å². The van der Waals surface area contributed by atoms with Gasteiger partial charge in [0.1, 0.15) is 6.54 Å². The Morgan fingerprint density at radius 3 is 3.00 bits per heavy atom. The van der Waals surface area contributed by atoms with Crippen molar-refractivity contribution >= 4 is 39.1 Å². The standard InChI is InChI=1S/C20H20N4O4S/c1-11-6-7-14-15(8-11)29-18-17(14)19(26)24(23-22-18)10-16(25)21-13-5-3-4-12(9-13)20(27)28-2/h3-5,9,11H,6-8,10H2,1-2H3,(H,21,25). The molecule has 1 aliphatic rings. The lowest BCUT2D eigenvalue weighted by Gasteiger charge is -2.17. The molecular formula is C20H20N4O4S. The highest BCUT2D eigenvalue weighted by atomic mass is 32.1. The number of carbonyl (C=O) groups is 2. The van der Waals surface area contributed by atoms with E-state index in [0.29, 0.717) is 27.4 Å². The molecule has 0 aliphatic heterocycles. The topological polar surface area (TPSA) is 103 Å². The molecule has 0 radical (unpaired) electrons. The minimum Gasteiger partial charge on any atom is -0.465 e. The highest BCUT2D eigenvalue weighted by Crippen LogP contribution is 2.35. The first-order valence-electron chi connectivity index (χ1n) is 9.32. The Morgan fingerprint density at radius 2 is 2.21 bits per heavy atom. The molecular weight excluding hydrogens is 392 g/mol. The van der Waals surface area contributed by atoms with E-state index >= 15 is 0 Å². The zero-order valence-electron chi connectivity index (χ0n) is 16.1. The van der Waals surface area contributed by atoms with Crippen LogP contribution in [0.3, 0.4) is 0 Å². The summed E-state index contributed by atoms with van der Waals surface area (Å²) < 4.78 is 5.77. The number of ether oxygens (including phenoxy) is 1. The number of anilines is 1. The number of carbonyl (C=O) groups excluding carboxylic acids is 2. The molecule has 1 N–H and O–H groups in total. The normalized spacial score (nSPS) is 15.7. The number of aryl methyl sites for hydroxylation is 1. The summed E-state index contributed by atoms with van der Waals surface area (Å²) in [4.78, 5) is 38.8. The summed E-state index contributed by atoms with van der Waals surface area (Å²) in [5.41, 5.74) is 1.52. The Kier molecular flexibility index (Phi) is 5.14. The van der Waals surface area contributed by atoms with E-state index in [4.69, 9.17) is 0 Å². The van der Waals surface area contributed by atoms with Gasteiger partial charge in [0.2, 0.25) is 5.91 Å². The first-order chi connectivity index (χ1) is 14.0. The molecule has 4 rings (SSSR count). The molecule has 2 heterocycles. The Bertz CT molecular complexity index is 1170. The molecule has 8 nitrogen and oxygen atoms in total. The molecule has 1 atom stereocenters. The van der Waals surface area contributed by atoms with Crippen LogP contribution in [0.25, 0.3) is 10.2 Å². The van der Waals surface area contributed by atoms with Gasteiger partial charge in [-0.15, -0.1) is 16.4 Å². The molecule has 1 amide bonds. The smallest absolute Gasteiger partial charge is 0.337 e. The predicted octanol–water partition coefficient (Wildman–Crippen LogP) is 2.40. The van der Waals surface area contributed by atoms with Gasteiger partial charge in [-0.2, -0.15) is 0 Å². The van der Waals surface area contributed by atoms with Crippen LogP contribution in [0.4, 0.5) is 5.69 Å². The summed E-state index contributed by atoms with van der Waals surface area (Å²) in [5, 5.41) is 11.4. The largest absolute Gasteiger partial charge is 0.465 e. The average molecular weight is 412 g/mol. The fourth-order valence-electron chi connectivity index (χ4n) is 3.57. The van der Waals surface area contributed by atoms with E-state index in [9.17, 15) is 14.4 Å². The molecule has 0 saturated heterocycles. The van der Waals surface area contributed by atoms with Crippen LogP contribution in [0.1, 0.15) is 34.1 Å². The Balaban J connectivity index is 1.57. The van der Waals surface area contributed by atoms with E-state index in [1.807, 2.05) is 0 Å². The van der Waals surface area contributed by atoms with Crippen molar-refractivity contribution in [1.29, 1.82) is 0 Å². The van der Waals surface area contributed by atoms with Crippen molar-refractivity contribution in [2.24, 2.45) is 5.92 Å².